The average molecular weight is 396 g/mol. The summed E-state index contributed by atoms with van der Waals surface area (Å²) in [4.78, 5) is 0. The van der Waals surface area contributed by atoms with Crippen molar-refractivity contribution in [3.8, 4) is 24.3 Å². The number of benzene rings is 4. The minimum atomic E-state index is -0.852. The fourth-order valence-electron chi connectivity index (χ4n) is 4.39. The van der Waals surface area contributed by atoms with Crippen LogP contribution in [-0.2, 0) is 6.42 Å². The number of rotatable bonds is 0. The molecular weight excluding hydrogens is 384 g/mol. The lowest BCUT2D eigenvalue weighted by Crippen LogP contribution is -2.13. The van der Waals surface area contributed by atoms with Crippen LogP contribution in [0.5, 0.6) is 0 Å². The lowest BCUT2D eigenvalue weighted by atomic mass is 9.81. The first-order chi connectivity index (χ1) is 15.1. The van der Waals surface area contributed by atoms with Gasteiger partial charge in [0.1, 0.15) is 30.4 Å². The Bertz CT molecular complexity index is 1500. The molecule has 0 bridgehead atoms. The highest BCUT2D eigenvalue weighted by Crippen LogP contribution is 2.39. The highest BCUT2D eigenvalue weighted by Gasteiger charge is 2.25. The molecule has 142 valence electrons. The van der Waals surface area contributed by atoms with Crippen molar-refractivity contribution in [3.63, 3.8) is 0 Å². The summed E-state index contributed by atoms with van der Waals surface area (Å²) >= 11 is 0. The summed E-state index contributed by atoms with van der Waals surface area (Å²) in [7, 11) is 0. The van der Waals surface area contributed by atoms with Crippen LogP contribution in [0.2, 0.25) is 0 Å². The van der Waals surface area contributed by atoms with Gasteiger partial charge in [-0.05, 0) is 86.6 Å². The maximum Gasteiger partial charge on any atom is 0.105 e. The van der Waals surface area contributed by atoms with Crippen LogP contribution in [-0.4, -0.2) is 5.11 Å². The largest absolute Gasteiger partial charge is 0.384 e. The number of fused-ring (bicyclic) bond motifs is 4. The topological polar surface area (TPSA) is 115 Å². The van der Waals surface area contributed by atoms with Crippen LogP contribution in [0.15, 0.2) is 48.5 Å². The van der Waals surface area contributed by atoms with E-state index in [9.17, 15) is 26.2 Å². The zero-order valence-corrected chi connectivity index (χ0v) is 16.1. The summed E-state index contributed by atoms with van der Waals surface area (Å²) in [6.07, 6.45) is -0.257. The SMILES string of the molecule is N#Cc1cc2cc3c(cc2cc1C#N)C(O)c1cc2cc(C#N)c(C#N)cc2cc1C3. The lowest BCUT2D eigenvalue weighted by molar-refractivity contribution is 0.216. The third-order valence-electron chi connectivity index (χ3n) is 5.92. The van der Waals surface area contributed by atoms with E-state index >= 15 is 0 Å². The summed E-state index contributed by atoms with van der Waals surface area (Å²) in [6.45, 7) is 0. The molecule has 0 aliphatic heterocycles. The number of hydrogen-bond acceptors (Lipinski definition) is 5. The van der Waals surface area contributed by atoms with Gasteiger partial charge in [0.25, 0.3) is 0 Å². The number of nitrogens with zero attached hydrogens (tertiary/aromatic N) is 4. The van der Waals surface area contributed by atoms with Gasteiger partial charge in [-0.1, -0.05) is 12.1 Å². The molecule has 31 heavy (non-hydrogen) atoms. The molecule has 4 aromatic carbocycles. The molecule has 5 rings (SSSR count). The van der Waals surface area contributed by atoms with Gasteiger partial charge in [-0.15, -0.1) is 0 Å². The quantitative estimate of drug-likeness (QED) is 0.471. The van der Waals surface area contributed by atoms with Gasteiger partial charge in [0.05, 0.1) is 22.3 Å². The Hall–Kier alpha value is -4.68. The molecule has 4 aromatic rings. The van der Waals surface area contributed by atoms with Crippen molar-refractivity contribution >= 4 is 21.5 Å². The predicted molar refractivity (Wildman–Crippen MR) is 114 cm³/mol. The minimum absolute atomic E-state index is 0.309. The molecule has 5 heteroatoms. The van der Waals surface area contributed by atoms with Crippen LogP contribution >= 0.6 is 0 Å². The Morgan fingerprint density at radius 3 is 1.19 bits per heavy atom. The van der Waals surface area contributed by atoms with E-state index in [1.165, 1.54) is 0 Å². The number of aliphatic hydroxyl groups is 1. The standard InChI is InChI=1S/C26H12N4O/c27-10-20-3-14-1-18-7-19-2-15-4-21(11-28)23(13-30)6-17(15)9-25(19)26(31)24(18)8-16(14)5-22(20)12-29/h1-6,8-9,26,31H,7H2. The van der Waals surface area contributed by atoms with Gasteiger partial charge >= 0.3 is 0 Å². The molecule has 0 saturated heterocycles. The smallest absolute Gasteiger partial charge is 0.105 e. The van der Waals surface area contributed by atoms with Gasteiger partial charge in [0.15, 0.2) is 0 Å². The Morgan fingerprint density at radius 1 is 0.548 bits per heavy atom. The normalized spacial score (nSPS) is 12.3. The maximum absolute atomic E-state index is 11.2. The van der Waals surface area contributed by atoms with Gasteiger partial charge < -0.3 is 5.11 Å². The first-order valence-corrected chi connectivity index (χ1v) is 9.56. The van der Waals surface area contributed by atoms with Gasteiger partial charge in [-0.2, -0.15) is 21.0 Å². The molecule has 0 aromatic heterocycles. The van der Waals surface area contributed by atoms with Crippen molar-refractivity contribution in [1.82, 2.24) is 0 Å². The van der Waals surface area contributed by atoms with Crippen LogP contribution in [0.3, 0.4) is 0 Å². The fourth-order valence-corrected chi connectivity index (χ4v) is 4.39. The molecule has 0 saturated carbocycles. The first kappa shape index (κ1) is 18.4. The molecule has 0 unspecified atom stereocenters. The van der Waals surface area contributed by atoms with Crippen molar-refractivity contribution in [3.05, 3.63) is 93.0 Å². The van der Waals surface area contributed by atoms with Crippen molar-refractivity contribution in [2.24, 2.45) is 0 Å². The van der Waals surface area contributed by atoms with Gasteiger partial charge in [0, 0.05) is 0 Å². The monoisotopic (exact) mass is 396 g/mol. The minimum Gasteiger partial charge on any atom is -0.384 e. The lowest BCUT2D eigenvalue weighted by Gasteiger charge is -2.26. The number of hydrogen-bond donors (Lipinski definition) is 1. The summed E-state index contributed by atoms with van der Waals surface area (Å²) in [5.74, 6) is 0. The molecule has 1 aliphatic carbocycles. The van der Waals surface area contributed by atoms with Crippen LogP contribution in [0.1, 0.15) is 50.6 Å². The molecular formula is C26H12N4O. The molecule has 1 aliphatic rings. The third-order valence-corrected chi connectivity index (χ3v) is 5.92. The van der Waals surface area contributed by atoms with Crippen molar-refractivity contribution < 1.29 is 5.11 Å². The van der Waals surface area contributed by atoms with Crippen LogP contribution in [0, 0.1) is 45.3 Å². The molecule has 0 atom stereocenters. The summed E-state index contributed by atoms with van der Waals surface area (Å²) in [6, 6.07) is 22.7. The zero-order valence-electron chi connectivity index (χ0n) is 16.1. The van der Waals surface area contributed by atoms with E-state index in [0.29, 0.717) is 28.7 Å². The molecule has 5 nitrogen and oxygen atoms in total. The average Bonchev–Trinajstić information content (AvgIpc) is 2.80. The molecule has 1 N–H and O–H groups in total. The van der Waals surface area contributed by atoms with E-state index in [1.54, 1.807) is 24.3 Å². The molecule has 0 spiro atoms. The van der Waals surface area contributed by atoms with E-state index in [0.717, 1.165) is 43.8 Å². The Morgan fingerprint density at radius 2 is 0.871 bits per heavy atom. The summed E-state index contributed by atoms with van der Waals surface area (Å²) in [5, 5.41) is 51.7. The number of nitriles is 4. The van der Waals surface area contributed by atoms with Crippen LogP contribution in [0.25, 0.3) is 21.5 Å². The van der Waals surface area contributed by atoms with Gasteiger partial charge in [0.2, 0.25) is 0 Å². The molecule has 0 fully saturated rings. The third kappa shape index (κ3) is 2.71. The van der Waals surface area contributed by atoms with Crippen molar-refractivity contribution in [2.75, 3.05) is 0 Å². The fraction of sp³-hybridized carbons (Fsp3) is 0.0769. The van der Waals surface area contributed by atoms with E-state index < -0.39 is 6.10 Å². The molecule has 0 amide bonds. The predicted octanol–water partition coefficient (Wildman–Crippen LogP) is 4.47. The van der Waals surface area contributed by atoms with Gasteiger partial charge in [-0.3, -0.25) is 0 Å². The van der Waals surface area contributed by atoms with E-state index in [4.69, 9.17) is 0 Å². The Kier molecular flexibility index (Phi) is 3.96. The van der Waals surface area contributed by atoms with E-state index in [2.05, 4.69) is 24.3 Å². The Balaban J connectivity index is 1.72. The van der Waals surface area contributed by atoms with E-state index in [1.807, 2.05) is 24.3 Å². The van der Waals surface area contributed by atoms with Crippen LogP contribution in [0.4, 0.5) is 0 Å². The highest BCUT2D eigenvalue weighted by atomic mass is 16.3. The first-order valence-electron chi connectivity index (χ1n) is 9.56. The van der Waals surface area contributed by atoms with Crippen molar-refractivity contribution in [2.45, 2.75) is 12.5 Å². The second-order valence-electron chi connectivity index (χ2n) is 7.62. The summed E-state index contributed by atoms with van der Waals surface area (Å²) < 4.78 is 0. The molecule has 0 heterocycles. The summed E-state index contributed by atoms with van der Waals surface area (Å²) in [5.41, 5.74) is 4.71. The highest BCUT2D eigenvalue weighted by molar-refractivity contribution is 5.90. The zero-order chi connectivity index (χ0) is 21.7. The maximum atomic E-state index is 11.2. The van der Waals surface area contributed by atoms with Gasteiger partial charge in [-0.25, -0.2) is 0 Å². The van der Waals surface area contributed by atoms with Crippen LogP contribution < -0.4 is 0 Å². The number of aliphatic hydroxyl groups excluding tert-OH is 1. The second-order valence-corrected chi connectivity index (χ2v) is 7.62. The second kappa shape index (κ2) is 6.69. The Labute approximate surface area is 177 Å². The van der Waals surface area contributed by atoms with E-state index in [-0.39, 0.29) is 0 Å². The van der Waals surface area contributed by atoms with Crippen molar-refractivity contribution in [1.29, 1.82) is 21.0 Å². The molecule has 0 radical (unpaired) electrons.